The molecule has 2 heterocycles. The quantitative estimate of drug-likeness (QED) is 0.372. The summed E-state index contributed by atoms with van der Waals surface area (Å²) in [4.78, 5) is 56.3. The smallest absolute Gasteiger partial charge is 0.242 e. The van der Waals surface area contributed by atoms with Gasteiger partial charge in [-0.2, -0.15) is 0 Å². The molecule has 2 fully saturated rings. The van der Waals surface area contributed by atoms with Crippen LogP contribution in [0.2, 0.25) is 0 Å². The number of benzene rings is 1. The number of nitrogens with one attached hydrogen (secondary N) is 2. The fourth-order valence-electron chi connectivity index (χ4n) is 5.27. The number of hydrogen-bond acceptors (Lipinski definition) is 6. The minimum absolute atomic E-state index is 0.149. The van der Waals surface area contributed by atoms with Crippen LogP contribution < -0.4 is 16.4 Å². The number of carbonyl (C=O) groups excluding carboxylic acids is 4. The molecule has 9 nitrogen and oxygen atoms in total. The van der Waals surface area contributed by atoms with Crippen molar-refractivity contribution >= 4 is 35.0 Å². The molecule has 1 saturated carbocycles. The molecule has 2 aliphatic rings. The van der Waals surface area contributed by atoms with Crippen molar-refractivity contribution in [3.63, 3.8) is 0 Å². The molecule has 1 aromatic heterocycles. The average molecular weight is 540 g/mol. The number of thiophene rings is 1. The number of rotatable bonds is 11. The molecule has 0 bridgehead atoms. The van der Waals surface area contributed by atoms with Gasteiger partial charge in [-0.05, 0) is 29.9 Å². The number of nitrogens with two attached hydrogens (primary N) is 1. The predicted molar refractivity (Wildman–Crippen MR) is 146 cm³/mol. The molecule has 38 heavy (non-hydrogen) atoms. The van der Waals surface area contributed by atoms with Gasteiger partial charge in [0.15, 0.2) is 0 Å². The van der Waals surface area contributed by atoms with E-state index < -0.39 is 23.3 Å². The lowest BCUT2D eigenvalue weighted by Gasteiger charge is -2.35. The molecule has 4 rings (SSSR count). The maximum atomic E-state index is 13.2. The molecule has 0 spiro atoms. The highest BCUT2D eigenvalue weighted by molar-refractivity contribution is 7.10. The van der Waals surface area contributed by atoms with Gasteiger partial charge in [-0.25, -0.2) is 0 Å². The van der Waals surface area contributed by atoms with E-state index in [-0.39, 0.29) is 11.8 Å². The van der Waals surface area contributed by atoms with Crippen molar-refractivity contribution in [3.05, 3.63) is 58.3 Å². The normalized spacial score (nSPS) is 18.1. The molecule has 1 aliphatic carbocycles. The van der Waals surface area contributed by atoms with Gasteiger partial charge in [-0.1, -0.05) is 49.2 Å². The third kappa shape index (κ3) is 6.99. The second-order valence-corrected chi connectivity index (χ2v) is 11.2. The lowest BCUT2D eigenvalue weighted by Crippen LogP contribution is -2.56. The van der Waals surface area contributed by atoms with E-state index in [2.05, 4.69) is 15.5 Å². The Hall–Kier alpha value is -3.24. The van der Waals surface area contributed by atoms with Crippen molar-refractivity contribution in [1.29, 1.82) is 0 Å². The standard InChI is InChI=1S/C28H37N5O4S/c29-26(36)28(10-4-5-11-28)27(37)31-23(19-21-7-2-1-3-8-21)25(35)30-12-13-32-14-16-33(17-15-32)24(34)20-22-9-6-18-38-22/h1-3,6-9,18,23H,4-5,10-17,19-20H2,(H2,29,36)(H,30,35)(H,31,37)/t23-/m1/s1. The second-order valence-electron chi connectivity index (χ2n) is 10.1. The average Bonchev–Trinajstić information content (AvgIpc) is 3.62. The van der Waals surface area contributed by atoms with E-state index in [0.29, 0.717) is 51.9 Å². The molecule has 4 N–H and O–H groups in total. The Bertz CT molecular complexity index is 1090. The summed E-state index contributed by atoms with van der Waals surface area (Å²) in [5.41, 5.74) is 5.31. The van der Waals surface area contributed by atoms with Gasteiger partial charge in [-0.15, -0.1) is 11.3 Å². The molecule has 1 saturated heterocycles. The van der Waals surface area contributed by atoms with Crippen LogP contribution in [-0.4, -0.2) is 78.7 Å². The van der Waals surface area contributed by atoms with Gasteiger partial charge < -0.3 is 21.3 Å². The summed E-state index contributed by atoms with van der Waals surface area (Å²) >= 11 is 1.60. The molecule has 4 amide bonds. The number of piperazine rings is 1. The van der Waals surface area contributed by atoms with Crippen LogP contribution in [0.4, 0.5) is 0 Å². The van der Waals surface area contributed by atoms with Crippen molar-refractivity contribution < 1.29 is 19.2 Å². The third-order valence-electron chi connectivity index (χ3n) is 7.63. The number of carbonyl (C=O) groups is 4. The Morgan fingerprint density at radius 3 is 2.32 bits per heavy atom. The van der Waals surface area contributed by atoms with Crippen molar-refractivity contribution in [1.82, 2.24) is 20.4 Å². The van der Waals surface area contributed by atoms with E-state index in [1.807, 2.05) is 52.7 Å². The summed E-state index contributed by atoms with van der Waals surface area (Å²) in [5.74, 6) is -1.22. The van der Waals surface area contributed by atoms with E-state index in [1.54, 1.807) is 11.3 Å². The van der Waals surface area contributed by atoms with Gasteiger partial charge in [0.1, 0.15) is 11.5 Å². The first kappa shape index (κ1) is 27.8. The number of hydrogen-bond donors (Lipinski definition) is 3. The van der Waals surface area contributed by atoms with Crippen LogP contribution in [0.3, 0.4) is 0 Å². The molecule has 2 aromatic rings. The van der Waals surface area contributed by atoms with Crippen LogP contribution in [0.1, 0.15) is 36.1 Å². The van der Waals surface area contributed by atoms with Crippen LogP contribution >= 0.6 is 11.3 Å². The SMILES string of the molecule is NC(=O)C1(C(=O)N[C@H](Cc2ccccc2)C(=O)NCCN2CCN(C(=O)Cc3cccs3)CC2)CCCC1. The van der Waals surface area contributed by atoms with E-state index in [0.717, 1.165) is 36.4 Å². The zero-order valence-corrected chi connectivity index (χ0v) is 22.5. The second kappa shape index (κ2) is 13.0. The van der Waals surface area contributed by atoms with Crippen LogP contribution in [0.5, 0.6) is 0 Å². The predicted octanol–water partition coefficient (Wildman–Crippen LogP) is 1.32. The van der Waals surface area contributed by atoms with Crippen molar-refractivity contribution in [2.45, 2.75) is 44.6 Å². The molecule has 10 heteroatoms. The fraction of sp³-hybridized carbons (Fsp3) is 0.500. The topological polar surface area (TPSA) is 125 Å². The minimum Gasteiger partial charge on any atom is -0.369 e. The molecular weight excluding hydrogens is 502 g/mol. The van der Waals surface area contributed by atoms with E-state index >= 15 is 0 Å². The molecule has 0 unspecified atom stereocenters. The Morgan fingerprint density at radius 2 is 1.68 bits per heavy atom. The highest BCUT2D eigenvalue weighted by Crippen LogP contribution is 2.38. The number of nitrogens with zero attached hydrogens (tertiary/aromatic N) is 2. The highest BCUT2D eigenvalue weighted by Gasteiger charge is 2.47. The summed E-state index contributed by atoms with van der Waals surface area (Å²) < 4.78 is 0. The van der Waals surface area contributed by atoms with Gasteiger partial charge in [0.25, 0.3) is 0 Å². The molecule has 0 radical (unpaired) electrons. The van der Waals surface area contributed by atoms with Gasteiger partial charge >= 0.3 is 0 Å². The van der Waals surface area contributed by atoms with E-state index in [4.69, 9.17) is 5.73 Å². The van der Waals surface area contributed by atoms with Crippen LogP contribution in [0.15, 0.2) is 47.8 Å². The van der Waals surface area contributed by atoms with Crippen molar-refractivity contribution in [3.8, 4) is 0 Å². The van der Waals surface area contributed by atoms with Gasteiger partial charge in [0.2, 0.25) is 23.6 Å². The fourth-order valence-corrected chi connectivity index (χ4v) is 5.97. The number of amides is 4. The molecule has 204 valence electrons. The maximum absolute atomic E-state index is 13.2. The van der Waals surface area contributed by atoms with Gasteiger partial charge in [0.05, 0.1) is 6.42 Å². The van der Waals surface area contributed by atoms with Crippen LogP contribution in [-0.2, 0) is 32.0 Å². The summed E-state index contributed by atoms with van der Waals surface area (Å²) in [6.45, 7) is 3.90. The summed E-state index contributed by atoms with van der Waals surface area (Å²) in [6, 6.07) is 12.6. The summed E-state index contributed by atoms with van der Waals surface area (Å²) in [7, 11) is 0. The van der Waals surface area contributed by atoms with Crippen LogP contribution in [0, 0.1) is 5.41 Å². The van der Waals surface area contributed by atoms with E-state index in [1.165, 1.54) is 0 Å². The third-order valence-corrected chi connectivity index (χ3v) is 8.50. The first-order valence-corrected chi connectivity index (χ1v) is 14.2. The molecule has 1 atom stereocenters. The van der Waals surface area contributed by atoms with E-state index in [9.17, 15) is 19.2 Å². The largest absolute Gasteiger partial charge is 0.369 e. The summed E-state index contributed by atoms with van der Waals surface area (Å²) in [6.07, 6.45) is 3.11. The Labute approximate surface area is 227 Å². The monoisotopic (exact) mass is 539 g/mol. The molecular formula is C28H37N5O4S. The minimum atomic E-state index is -1.24. The Balaban J connectivity index is 1.28. The zero-order valence-electron chi connectivity index (χ0n) is 21.7. The Kier molecular flexibility index (Phi) is 9.52. The molecule has 1 aliphatic heterocycles. The van der Waals surface area contributed by atoms with Crippen LogP contribution in [0.25, 0.3) is 0 Å². The number of primary amides is 1. The molecule has 1 aromatic carbocycles. The zero-order chi connectivity index (χ0) is 27.0. The summed E-state index contributed by atoms with van der Waals surface area (Å²) in [5, 5.41) is 7.79. The Morgan fingerprint density at radius 1 is 0.974 bits per heavy atom. The van der Waals surface area contributed by atoms with Crippen molar-refractivity contribution in [2.24, 2.45) is 11.1 Å². The van der Waals surface area contributed by atoms with Gasteiger partial charge in [-0.3, -0.25) is 24.1 Å². The lowest BCUT2D eigenvalue weighted by atomic mass is 9.84. The first-order chi connectivity index (χ1) is 18.4. The lowest BCUT2D eigenvalue weighted by molar-refractivity contribution is -0.143. The van der Waals surface area contributed by atoms with Crippen molar-refractivity contribution in [2.75, 3.05) is 39.3 Å². The first-order valence-electron chi connectivity index (χ1n) is 13.3. The van der Waals surface area contributed by atoms with Gasteiger partial charge in [0, 0.05) is 50.6 Å². The highest BCUT2D eigenvalue weighted by atomic mass is 32.1. The maximum Gasteiger partial charge on any atom is 0.242 e.